The minimum Gasteiger partial charge on any atom is -0.390 e. The topological polar surface area (TPSA) is 172 Å². The SMILES string of the molecule is CC(=O)NC(C)C(=O)NCCCCCC(=O)NC[C@H]1O[C@@H](N/C=C(/C)C(N)=O)CC1O. The Hall–Kier alpha value is -2.66. The Morgan fingerprint density at radius 3 is 2.52 bits per heavy atom. The number of rotatable bonds is 13. The molecular weight excluding hydrogens is 406 g/mol. The van der Waals surface area contributed by atoms with Gasteiger partial charge in [-0.3, -0.25) is 19.2 Å². The summed E-state index contributed by atoms with van der Waals surface area (Å²) < 4.78 is 5.64. The van der Waals surface area contributed by atoms with E-state index in [9.17, 15) is 24.3 Å². The largest absolute Gasteiger partial charge is 0.390 e. The number of unbranched alkanes of at least 4 members (excludes halogenated alkanes) is 2. The van der Waals surface area contributed by atoms with Gasteiger partial charge >= 0.3 is 0 Å². The molecule has 1 aliphatic rings. The normalized spacial score (nSPS) is 21.8. The molecule has 0 aromatic carbocycles. The molecule has 1 fully saturated rings. The van der Waals surface area contributed by atoms with Crippen molar-refractivity contribution in [2.75, 3.05) is 13.1 Å². The van der Waals surface area contributed by atoms with E-state index in [0.29, 0.717) is 31.4 Å². The Labute approximate surface area is 182 Å². The molecule has 31 heavy (non-hydrogen) atoms. The number of amides is 4. The Kier molecular flexibility index (Phi) is 11.6. The fourth-order valence-electron chi connectivity index (χ4n) is 2.93. The van der Waals surface area contributed by atoms with Crippen LogP contribution in [0.2, 0.25) is 0 Å². The van der Waals surface area contributed by atoms with E-state index in [-0.39, 0.29) is 24.3 Å². The van der Waals surface area contributed by atoms with Crippen LogP contribution in [0.1, 0.15) is 52.9 Å². The summed E-state index contributed by atoms with van der Waals surface area (Å²) >= 11 is 0. The van der Waals surface area contributed by atoms with Crippen molar-refractivity contribution >= 4 is 23.6 Å². The van der Waals surface area contributed by atoms with Crippen molar-refractivity contribution in [1.82, 2.24) is 21.3 Å². The lowest BCUT2D eigenvalue weighted by molar-refractivity contribution is -0.127. The Bertz CT molecular complexity index is 668. The molecule has 1 saturated heterocycles. The summed E-state index contributed by atoms with van der Waals surface area (Å²) in [5, 5.41) is 20.9. The van der Waals surface area contributed by atoms with Crippen LogP contribution in [0.4, 0.5) is 0 Å². The average Bonchev–Trinajstić information content (AvgIpc) is 3.05. The lowest BCUT2D eigenvalue weighted by atomic mass is 10.1. The second-order valence-electron chi connectivity index (χ2n) is 7.65. The minimum absolute atomic E-state index is 0.139. The van der Waals surface area contributed by atoms with Gasteiger partial charge < -0.3 is 36.8 Å². The molecule has 0 radical (unpaired) electrons. The maximum absolute atomic E-state index is 12.0. The third kappa shape index (κ3) is 10.8. The van der Waals surface area contributed by atoms with Crippen molar-refractivity contribution < 1.29 is 29.0 Å². The fourth-order valence-corrected chi connectivity index (χ4v) is 2.93. The summed E-state index contributed by atoms with van der Waals surface area (Å²) in [6.45, 7) is 5.20. The van der Waals surface area contributed by atoms with E-state index in [2.05, 4.69) is 21.3 Å². The molecule has 0 spiro atoms. The first-order chi connectivity index (χ1) is 14.6. The molecular formula is C20H35N5O6. The molecule has 176 valence electrons. The van der Waals surface area contributed by atoms with E-state index in [1.807, 2.05) is 0 Å². The quantitative estimate of drug-likeness (QED) is 0.153. The molecule has 0 aromatic heterocycles. The van der Waals surface area contributed by atoms with Crippen LogP contribution < -0.4 is 27.0 Å². The van der Waals surface area contributed by atoms with Crippen LogP contribution in [-0.4, -0.2) is 66.3 Å². The van der Waals surface area contributed by atoms with Crippen molar-refractivity contribution in [3.63, 3.8) is 0 Å². The highest BCUT2D eigenvalue weighted by molar-refractivity contribution is 5.91. The van der Waals surface area contributed by atoms with E-state index < -0.39 is 30.4 Å². The number of ether oxygens (including phenoxy) is 1. The van der Waals surface area contributed by atoms with Crippen LogP contribution in [0.5, 0.6) is 0 Å². The molecule has 1 heterocycles. The van der Waals surface area contributed by atoms with Crippen LogP contribution in [0, 0.1) is 0 Å². The molecule has 11 heteroatoms. The molecule has 2 unspecified atom stereocenters. The molecule has 7 N–H and O–H groups in total. The number of hydrogen-bond acceptors (Lipinski definition) is 7. The average molecular weight is 442 g/mol. The molecule has 4 amide bonds. The van der Waals surface area contributed by atoms with Gasteiger partial charge in [-0.1, -0.05) is 6.42 Å². The van der Waals surface area contributed by atoms with Gasteiger partial charge in [0, 0.05) is 44.6 Å². The highest BCUT2D eigenvalue weighted by atomic mass is 16.5. The summed E-state index contributed by atoms with van der Waals surface area (Å²) in [5.41, 5.74) is 5.49. The summed E-state index contributed by atoms with van der Waals surface area (Å²) in [4.78, 5) is 45.6. The summed E-state index contributed by atoms with van der Waals surface area (Å²) in [6.07, 6.45) is 2.53. The van der Waals surface area contributed by atoms with E-state index in [0.717, 1.165) is 12.8 Å². The Morgan fingerprint density at radius 2 is 1.87 bits per heavy atom. The summed E-state index contributed by atoms with van der Waals surface area (Å²) in [6, 6.07) is -0.575. The van der Waals surface area contributed by atoms with Crippen molar-refractivity contribution in [2.24, 2.45) is 5.73 Å². The van der Waals surface area contributed by atoms with Gasteiger partial charge in [0.05, 0.1) is 6.10 Å². The molecule has 0 aliphatic carbocycles. The first-order valence-corrected chi connectivity index (χ1v) is 10.5. The zero-order valence-electron chi connectivity index (χ0n) is 18.4. The monoisotopic (exact) mass is 441 g/mol. The number of aliphatic hydroxyl groups excluding tert-OH is 1. The van der Waals surface area contributed by atoms with Crippen LogP contribution >= 0.6 is 0 Å². The molecule has 0 bridgehead atoms. The van der Waals surface area contributed by atoms with Crippen LogP contribution in [0.3, 0.4) is 0 Å². The Morgan fingerprint density at radius 1 is 1.16 bits per heavy atom. The van der Waals surface area contributed by atoms with Crippen molar-refractivity contribution in [2.45, 2.75) is 77.4 Å². The smallest absolute Gasteiger partial charge is 0.245 e. The first kappa shape index (κ1) is 26.4. The van der Waals surface area contributed by atoms with E-state index in [1.54, 1.807) is 13.8 Å². The van der Waals surface area contributed by atoms with E-state index in [4.69, 9.17) is 10.5 Å². The lowest BCUT2D eigenvalue weighted by Crippen LogP contribution is -2.44. The molecule has 4 atom stereocenters. The van der Waals surface area contributed by atoms with Crippen LogP contribution in [0.15, 0.2) is 11.8 Å². The minimum atomic E-state index is -0.733. The highest BCUT2D eigenvalue weighted by Crippen LogP contribution is 2.18. The Balaban J connectivity index is 2.14. The zero-order valence-corrected chi connectivity index (χ0v) is 18.4. The van der Waals surface area contributed by atoms with Crippen LogP contribution in [-0.2, 0) is 23.9 Å². The van der Waals surface area contributed by atoms with Crippen molar-refractivity contribution in [1.29, 1.82) is 0 Å². The standard InChI is InChI=1S/C20H35N5O6/c1-12(19(21)29)10-24-18-9-15(27)16(31-18)11-23-17(28)7-5-4-6-8-22-20(30)13(2)25-14(3)26/h10,13,15-16,18,24,27H,4-9,11H2,1-3H3,(H2,21,29)(H,22,30)(H,23,28)(H,25,26)/b12-10-/t13?,15?,16-,18-/m1/s1. The second kappa shape index (κ2) is 13.6. The van der Waals surface area contributed by atoms with Gasteiger partial charge in [-0.05, 0) is 26.7 Å². The third-order valence-corrected chi connectivity index (χ3v) is 4.79. The maximum atomic E-state index is 12.0. The van der Waals surface area contributed by atoms with Gasteiger partial charge in [0.2, 0.25) is 23.6 Å². The predicted molar refractivity (Wildman–Crippen MR) is 113 cm³/mol. The highest BCUT2D eigenvalue weighted by Gasteiger charge is 2.33. The third-order valence-electron chi connectivity index (χ3n) is 4.79. The lowest BCUT2D eigenvalue weighted by Gasteiger charge is -2.16. The zero-order chi connectivity index (χ0) is 23.4. The van der Waals surface area contributed by atoms with Crippen LogP contribution in [0.25, 0.3) is 0 Å². The molecule has 11 nitrogen and oxygen atoms in total. The second-order valence-corrected chi connectivity index (χ2v) is 7.65. The predicted octanol–water partition coefficient (Wildman–Crippen LogP) is -1.24. The molecule has 0 aromatic rings. The van der Waals surface area contributed by atoms with Gasteiger partial charge in [-0.25, -0.2) is 0 Å². The maximum Gasteiger partial charge on any atom is 0.245 e. The number of hydrogen-bond donors (Lipinski definition) is 6. The number of nitrogens with one attached hydrogen (secondary N) is 4. The van der Waals surface area contributed by atoms with Crippen molar-refractivity contribution in [3.05, 3.63) is 11.8 Å². The van der Waals surface area contributed by atoms with Gasteiger partial charge in [0.1, 0.15) is 18.4 Å². The van der Waals surface area contributed by atoms with Crippen molar-refractivity contribution in [3.8, 4) is 0 Å². The van der Waals surface area contributed by atoms with E-state index in [1.165, 1.54) is 13.1 Å². The number of aliphatic hydroxyl groups is 1. The van der Waals surface area contributed by atoms with Gasteiger partial charge in [-0.2, -0.15) is 0 Å². The first-order valence-electron chi connectivity index (χ1n) is 10.5. The number of primary amides is 1. The van der Waals surface area contributed by atoms with Gasteiger partial charge in [0.25, 0.3) is 0 Å². The van der Waals surface area contributed by atoms with Gasteiger partial charge in [0.15, 0.2) is 0 Å². The molecule has 1 aliphatic heterocycles. The van der Waals surface area contributed by atoms with E-state index >= 15 is 0 Å². The fraction of sp³-hybridized carbons (Fsp3) is 0.700. The van der Waals surface area contributed by atoms with Gasteiger partial charge in [-0.15, -0.1) is 0 Å². The number of nitrogens with two attached hydrogens (primary N) is 1. The molecule has 1 rings (SSSR count). The number of carbonyl (C=O) groups excluding carboxylic acids is 4. The summed E-state index contributed by atoms with van der Waals surface area (Å²) in [5.74, 6) is -1.18. The molecule has 0 saturated carbocycles. The number of carbonyl (C=O) groups is 4. The summed E-state index contributed by atoms with van der Waals surface area (Å²) in [7, 11) is 0.